The minimum Gasteiger partial charge on any atom is -0.483 e. The fourth-order valence-corrected chi connectivity index (χ4v) is 3.10. The summed E-state index contributed by atoms with van der Waals surface area (Å²) in [4.78, 5) is 14.3. The molecule has 0 unspecified atom stereocenters. The van der Waals surface area contributed by atoms with Crippen LogP contribution in [0.25, 0.3) is 0 Å². The van der Waals surface area contributed by atoms with Crippen molar-refractivity contribution in [3.8, 4) is 5.75 Å². The van der Waals surface area contributed by atoms with Crippen molar-refractivity contribution < 1.29 is 9.53 Å². The molecule has 0 N–H and O–H groups in total. The molecule has 5 nitrogen and oxygen atoms in total. The van der Waals surface area contributed by atoms with Crippen molar-refractivity contribution in [2.24, 2.45) is 7.05 Å². The molecule has 0 saturated carbocycles. The molecule has 1 aliphatic rings. The Labute approximate surface area is 136 Å². The first-order valence-corrected chi connectivity index (χ1v) is 7.95. The van der Waals surface area contributed by atoms with Crippen LogP contribution in [0.1, 0.15) is 28.1 Å². The molecular weight excluding hydrogens is 290 g/mol. The number of nitrogens with zero attached hydrogens (tertiary/aromatic N) is 3. The molecule has 2 heterocycles. The van der Waals surface area contributed by atoms with Gasteiger partial charge in [-0.2, -0.15) is 5.10 Å². The van der Waals surface area contributed by atoms with E-state index in [-0.39, 0.29) is 12.5 Å². The van der Waals surface area contributed by atoms with E-state index in [1.807, 2.05) is 55.6 Å². The Hall–Kier alpha value is -2.30. The van der Waals surface area contributed by atoms with Crippen molar-refractivity contribution in [2.75, 3.05) is 13.2 Å². The molecule has 1 amide bonds. The van der Waals surface area contributed by atoms with E-state index in [0.29, 0.717) is 6.54 Å². The maximum absolute atomic E-state index is 12.5. The topological polar surface area (TPSA) is 47.4 Å². The van der Waals surface area contributed by atoms with Crippen LogP contribution in [0.4, 0.5) is 0 Å². The van der Waals surface area contributed by atoms with Gasteiger partial charge in [0.2, 0.25) is 0 Å². The highest BCUT2D eigenvalue weighted by molar-refractivity contribution is 5.78. The Bertz CT molecular complexity index is 749. The Morgan fingerprint density at radius 3 is 2.87 bits per heavy atom. The first kappa shape index (κ1) is 15.6. The normalized spacial score (nSPS) is 13.8. The summed E-state index contributed by atoms with van der Waals surface area (Å²) in [5, 5.41) is 4.45. The van der Waals surface area contributed by atoms with E-state index in [9.17, 15) is 4.79 Å². The summed E-state index contributed by atoms with van der Waals surface area (Å²) in [6.45, 7) is 7.51. The summed E-state index contributed by atoms with van der Waals surface area (Å²) in [6, 6.07) is 5.91. The molecule has 1 aromatic heterocycles. The second-order valence-corrected chi connectivity index (χ2v) is 6.19. The lowest BCUT2D eigenvalue weighted by molar-refractivity contribution is -0.134. The second kappa shape index (κ2) is 6.07. The molecule has 0 fully saturated rings. The predicted molar refractivity (Wildman–Crippen MR) is 88.5 cm³/mol. The van der Waals surface area contributed by atoms with Crippen molar-refractivity contribution in [3.05, 3.63) is 46.3 Å². The van der Waals surface area contributed by atoms with Crippen molar-refractivity contribution in [3.63, 3.8) is 0 Å². The van der Waals surface area contributed by atoms with E-state index < -0.39 is 0 Å². The van der Waals surface area contributed by atoms with Crippen LogP contribution in [-0.4, -0.2) is 33.7 Å². The number of aryl methyl sites for hydroxylation is 3. The Morgan fingerprint density at radius 2 is 2.09 bits per heavy atom. The van der Waals surface area contributed by atoms with Gasteiger partial charge in [0.1, 0.15) is 5.75 Å². The minimum absolute atomic E-state index is 0.0235. The van der Waals surface area contributed by atoms with Crippen LogP contribution in [0.2, 0.25) is 0 Å². The Morgan fingerprint density at radius 1 is 1.30 bits per heavy atom. The molecule has 0 aliphatic carbocycles. The number of aromatic nitrogens is 2. The first-order chi connectivity index (χ1) is 11.0. The van der Waals surface area contributed by atoms with Crippen molar-refractivity contribution >= 4 is 5.91 Å². The molecule has 0 bridgehead atoms. The van der Waals surface area contributed by atoms with Gasteiger partial charge >= 0.3 is 0 Å². The molecule has 5 heteroatoms. The molecular formula is C18H23N3O2. The summed E-state index contributed by atoms with van der Waals surface area (Å²) in [5.41, 5.74) is 5.74. The number of ether oxygens (including phenoxy) is 1. The largest absolute Gasteiger partial charge is 0.483 e. The molecule has 3 rings (SSSR count). The Balaban J connectivity index is 1.66. The zero-order valence-corrected chi connectivity index (χ0v) is 14.2. The highest BCUT2D eigenvalue weighted by atomic mass is 16.5. The van der Waals surface area contributed by atoms with E-state index in [2.05, 4.69) is 5.10 Å². The summed E-state index contributed by atoms with van der Waals surface area (Å²) in [6.07, 6.45) is 0.865. The molecule has 1 aliphatic heterocycles. The van der Waals surface area contributed by atoms with Crippen LogP contribution < -0.4 is 4.74 Å². The fraction of sp³-hybridized carbons (Fsp3) is 0.444. The van der Waals surface area contributed by atoms with Crippen LogP contribution >= 0.6 is 0 Å². The minimum atomic E-state index is 0.0235. The van der Waals surface area contributed by atoms with E-state index in [1.54, 1.807) is 0 Å². The zero-order chi connectivity index (χ0) is 16.6. The van der Waals surface area contributed by atoms with Gasteiger partial charge in [0.25, 0.3) is 5.91 Å². The molecule has 0 atom stereocenters. The molecule has 0 radical (unpaired) electrons. The molecule has 1 aromatic carbocycles. The maximum Gasteiger partial charge on any atom is 0.260 e. The zero-order valence-electron chi connectivity index (χ0n) is 14.2. The average Bonchev–Trinajstić information content (AvgIpc) is 2.82. The quantitative estimate of drug-likeness (QED) is 0.873. The van der Waals surface area contributed by atoms with Gasteiger partial charge in [0.15, 0.2) is 6.61 Å². The van der Waals surface area contributed by atoms with Crippen LogP contribution in [0, 0.1) is 20.8 Å². The van der Waals surface area contributed by atoms with E-state index in [1.165, 1.54) is 11.1 Å². The van der Waals surface area contributed by atoms with Gasteiger partial charge in [-0.15, -0.1) is 0 Å². The highest BCUT2D eigenvalue weighted by Crippen LogP contribution is 2.23. The van der Waals surface area contributed by atoms with Gasteiger partial charge in [0.05, 0.1) is 17.9 Å². The van der Waals surface area contributed by atoms with Gasteiger partial charge in [-0.3, -0.25) is 9.48 Å². The van der Waals surface area contributed by atoms with Gasteiger partial charge in [-0.1, -0.05) is 12.1 Å². The summed E-state index contributed by atoms with van der Waals surface area (Å²) in [7, 11) is 1.94. The number of carbonyl (C=O) groups is 1. The smallest absolute Gasteiger partial charge is 0.260 e. The number of hydrogen-bond acceptors (Lipinski definition) is 3. The van der Waals surface area contributed by atoms with Gasteiger partial charge < -0.3 is 9.64 Å². The maximum atomic E-state index is 12.5. The number of rotatable bonds is 3. The SMILES string of the molecule is Cc1cccc(OCC(=O)N2CCc3c(C)nn(C)c3C2)c1C. The van der Waals surface area contributed by atoms with Crippen LogP contribution in [-0.2, 0) is 24.8 Å². The number of hydrogen-bond donors (Lipinski definition) is 0. The average molecular weight is 313 g/mol. The monoisotopic (exact) mass is 313 g/mol. The van der Waals surface area contributed by atoms with Crippen molar-refractivity contribution in [1.29, 1.82) is 0 Å². The predicted octanol–water partition coefficient (Wildman–Crippen LogP) is 2.31. The summed E-state index contributed by atoms with van der Waals surface area (Å²) >= 11 is 0. The van der Waals surface area contributed by atoms with Gasteiger partial charge in [-0.25, -0.2) is 0 Å². The number of amides is 1. The lowest BCUT2D eigenvalue weighted by atomic mass is 10.0. The molecule has 122 valence electrons. The number of benzene rings is 1. The molecule has 2 aromatic rings. The van der Waals surface area contributed by atoms with Gasteiger partial charge in [-0.05, 0) is 49.9 Å². The van der Waals surface area contributed by atoms with Gasteiger partial charge in [0, 0.05) is 13.6 Å². The third kappa shape index (κ3) is 2.96. The standard InChI is InChI=1S/C18H23N3O2/c1-12-6-5-7-17(13(12)2)23-11-18(22)21-9-8-15-14(3)19-20(4)16(15)10-21/h5-7H,8-11H2,1-4H3. The van der Waals surface area contributed by atoms with Crippen LogP contribution in [0.15, 0.2) is 18.2 Å². The van der Waals surface area contributed by atoms with E-state index in [4.69, 9.17) is 4.74 Å². The fourth-order valence-electron chi connectivity index (χ4n) is 3.10. The van der Waals surface area contributed by atoms with E-state index >= 15 is 0 Å². The number of fused-ring (bicyclic) bond motifs is 1. The molecule has 0 saturated heterocycles. The highest BCUT2D eigenvalue weighted by Gasteiger charge is 2.25. The number of carbonyl (C=O) groups excluding carboxylic acids is 1. The van der Waals surface area contributed by atoms with Crippen LogP contribution in [0.5, 0.6) is 5.75 Å². The third-order valence-corrected chi connectivity index (χ3v) is 4.71. The summed E-state index contributed by atoms with van der Waals surface area (Å²) < 4.78 is 7.63. The van der Waals surface area contributed by atoms with E-state index in [0.717, 1.165) is 35.7 Å². The lowest BCUT2D eigenvalue weighted by Crippen LogP contribution is -2.39. The van der Waals surface area contributed by atoms with Crippen molar-refractivity contribution in [1.82, 2.24) is 14.7 Å². The summed E-state index contributed by atoms with van der Waals surface area (Å²) in [5.74, 6) is 0.808. The molecule has 23 heavy (non-hydrogen) atoms. The van der Waals surface area contributed by atoms with Crippen LogP contribution in [0.3, 0.4) is 0 Å². The second-order valence-electron chi connectivity index (χ2n) is 6.19. The molecule has 0 spiro atoms. The first-order valence-electron chi connectivity index (χ1n) is 7.95. The lowest BCUT2D eigenvalue weighted by Gasteiger charge is -2.27. The Kier molecular flexibility index (Phi) is 4.11. The third-order valence-electron chi connectivity index (χ3n) is 4.71. The van der Waals surface area contributed by atoms with Crippen molar-refractivity contribution in [2.45, 2.75) is 33.7 Å².